The van der Waals surface area contributed by atoms with Gasteiger partial charge in [0.25, 0.3) is 0 Å². The molecule has 0 atom stereocenters. The van der Waals surface area contributed by atoms with Crippen LogP contribution >= 0.6 is 11.6 Å². The minimum absolute atomic E-state index is 0. The predicted molar refractivity (Wildman–Crippen MR) is 26.8 cm³/mol. The van der Waals surface area contributed by atoms with Crippen LogP contribution in [-0.2, 0) is 0 Å². The van der Waals surface area contributed by atoms with Crippen molar-refractivity contribution in [2.24, 2.45) is 0 Å². The highest BCUT2D eigenvalue weighted by Crippen LogP contribution is 1.75. The van der Waals surface area contributed by atoms with Crippen molar-refractivity contribution < 1.29 is 0 Å². The van der Waals surface area contributed by atoms with E-state index in [1.54, 1.807) is 0 Å². The van der Waals surface area contributed by atoms with E-state index in [1.165, 1.54) is 0 Å². The van der Waals surface area contributed by atoms with Crippen LogP contribution in [0.4, 0.5) is 0 Å². The van der Waals surface area contributed by atoms with Gasteiger partial charge in [-0.2, -0.15) is 0 Å². The molecule has 5 heavy (non-hydrogen) atoms. The Morgan fingerprint density at radius 3 is 1.80 bits per heavy atom. The number of halogens is 1. The Morgan fingerprint density at radius 2 is 1.80 bits per heavy atom. The highest BCUT2D eigenvalue weighted by Gasteiger charge is 1.59. The van der Waals surface area contributed by atoms with Crippen molar-refractivity contribution in [3.8, 4) is 0 Å². The van der Waals surface area contributed by atoms with E-state index in [4.69, 9.17) is 11.6 Å². The maximum atomic E-state index is 5.19. The zero-order chi connectivity index (χ0) is 3.41. The summed E-state index contributed by atoms with van der Waals surface area (Å²) in [5.41, 5.74) is 0. The molecule has 0 nitrogen and oxygen atoms in total. The first-order valence-electron chi connectivity index (χ1n) is 1.47. The van der Waals surface area contributed by atoms with Crippen LogP contribution in [0.3, 0.4) is 0 Å². The van der Waals surface area contributed by atoms with Crippen molar-refractivity contribution in [3.63, 3.8) is 0 Å². The van der Waals surface area contributed by atoms with Crippen molar-refractivity contribution in [3.05, 3.63) is 0 Å². The van der Waals surface area contributed by atoms with Crippen LogP contribution < -0.4 is 0 Å². The lowest BCUT2D eigenvalue weighted by Gasteiger charge is -1.65. The van der Waals surface area contributed by atoms with E-state index in [2.05, 4.69) is 0 Å². The van der Waals surface area contributed by atoms with Gasteiger partial charge < -0.3 is 0 Å². The molecule has 0 rings (SSSR count). The maximum Gasteiger partial charge on any atom is 0.0220 e. The second-order valence-corrected chi connectivity index (χ2v) is 1.07. The first-order chi connectivity index (χ1) is 1.91. The third-order valence-electron chi connectivity index (χ3n) is 0.189. The minimum Gasteiger partial charge on any atom is -0.127 e. The van der Waals surface area contributed by atoms with Crippen LogP contribution in [0.5, 0.6) is 0 Å². The Labute approximate surface area is 48.6 Å². The van der Waals surface area contributed by atoms with Crippen LogP contribution in [0.15, 0.2) is 0 Å². The summed E-state index contributed by atoms with van der Waals surface area (Å²) in [4.78, 5) is 0. The van der Waals surface area contributed by atoms with Crippen molar-refractivity contribution in [1.82, 2.24) is 0 Å². The average molecular weight is 106 g/mol. The standard InChI is InChI=1S/C3H7Cl.Al/c1-2-3-4;/h2-3H2,1H3;. The van der Waals surface area contributed by atoms with Gasteiger partial charge in [0, 0.05) is 23.2 Å². The molecular weight excluding hydrogens is 98.5 g/mol. The number of hydrogen-bond acceptors (Lipinski definition) is 0. The first kappa shape index (κ1) is 9.27. The third kappa shape index (κ3) is 11.6. The zero-order valence-electron chi connectivity index (χ0n) is 3.37. The molecule has 29 valence electrons. The number of alkyl halides is 1. The molecule has 0 aromatic heterocycles. The fourth-order valence-electron chi connectivity index (χ4n) is 0. The Balaban J connectivity index is 0. The van der Waals surface area contributed by atoms with E-state index in [0.717, 1.165) is 12.3 Å². The quantitative estimate of drug-likeness (QED) is 0.348. The van der Waals surface area contributed by atoms with Gasteiger partial charge in [0.05, 0.1) is 0 Å². The highest BCUT2D eigenvalue weighted by molar-refractivity contribution is 6.17. The minimum atomic E-state index is 0. The SMILES string of the molecule is CCCCl.[Al]. The molecule has 0 spiro atoms. The van der Waals surface area contributed by atoms with Crippen LogP contribution in [0.2, 0.25) is 0 Å². The molecule has 0 N–H and O–H groups in total. The summed E-state index contributed by atoms with van der Waals surface area (Å²) in [7, 11) is 0. The van der Waals surface area contributed by atoms with Gasteiger partial charge in [0.1, 0.15) is 0 Å². The highest BCUT2D eigenvalue weighted by atomic mass is 35.5. The van der Waals surface area contributed by atoms with E-state index in [9.17, 15) is 0 Å². The lowest BCUT2D eigenvalue weighted by Crippen LogP contribution is -1.55. The topological polar surface area (TPSA) is 0 Å². The van der Waals surface area contributed by atoms with E-state index in [-0.39, 0.29) is 17.4 Å². The lowest BCUT2D eigenvalue weighted by atomic mass is 10.6. The van der Waals surface area contributed by atoms with Crippen LogP contribution in [0, 0.1) is 0 Å². The van der Waals surface area contributed by atoms with E-state index >= 15 is 0 Å². The van der Waals surface area contributed by atoms with Gasteiger partial charge in [-0.05, 0) is 6.42 Å². The van der Waals surface area contributed by atoms with Crippen molar-refractivity contribution >= 4 is 29.0 Å². The first-order valence-corrected chi connectivity index (χ1v) is 2.01. The van der Waals surface area contributed by atoms with Crippen molar-refractivity contribution in [1.29, 1.82) is 0 Å². The van der Waals surface area contributed by atoms with Crippen LogP contribution in [0.1, 0.15) is 13.3 Å². The number of rotatable bonds is 1. The molecule has 0 aromatic rings. The predicted octanol–water partition coefficient (Wildman–Crippen LogP) is 1.25. The molecular formula is C3H7AlCl. The Bertz CT molecular complexity index is 8.85. The van der Waals surface area contributed by atoms with Gasteiger partial charge >= 0.3 is 0 Å². The molecule has 2 heteroatoms. The van der Waals surface area contributed by atoms with Crippen molar-refractivity contribution in [2.75, 3.05) is 5.88 Å². The largest absolute Gasteiger partial charge is 0.127 e. The molecule has 0 aliphatic heterocycles. The number of hydrogen-bond donors (Lipinski definition) is 0. The Hall–Kier alpha value is 0.822. The zero-order valence-corrected chi connectivity index (χ0v) is 5.28. The summed E-state index contributed by atoms with van der Waals surface area (Å²) >= 11 is 5.19. The molecule has 0 aromatic carbocycles. The summed E-state index contributed by atoms with van der Waals surface area (Å²) in [5.74, 6) is 0.792. The van der Waals surface area contributed by atoms with Gasteiger partial charge in [-0.25, -0.2) is 0 Å². The fourth-order valence-corrected chi connectivity index (χ4v) is 0. The fraction of sp³-hybridized carbons (Fsp3) is 1.00. The van der Waals surface area contributed by atoms with Gasteiger partial charge in [-0.3, -0.25) is 0 Å². The molecule has 0 aliphatic carbocycles. The molecule has 0 amide bonds. The van der Waals surface area contributed by atoms with E-state index in [1.807, 2.05) is 6.92 Å². The summed E-state index contributed by atoms with van der Waals surface area (Å²) < 4.78 is 0. The van der Waals surface area contributed by atoms with Gasteiger partial charge in [-0.15, -0.1) is 11.6 Å². The Kier molecular flexibility index (Phi) is 16.4. The van der Waals surface area contributed by atoms with Gasteiger partial charge in [0.15, 0.2) is 0 Å². The molecule has 0 bridgehead atoms. The van der Waals surface area contributed by atoms with Gasteiger partial charge in [-0.1, -0.05) is 6.92 Å². The summed E-state index contributed by atoms with van der Waals surface area (Å²) in [6.45, 7) is 2.05. The molecule has 0 heterocycles. The second-order valence-electron chi connectivity index (χ2n) is 0.689. The Morgan fingerprint density at radius 1 is 1.60 bits per heavy atom. The second kappa shape index (κ2) is 8.85. The third-order valence-corrected chi connectivity index (χ3v) is 0.567. The molecule has 0 saturated heterocycles. The van der Waals surface area contributed by atoms with E-state index < -0.39 is 0 Å². The molecule has 0 saturated carbocycles. The monoisotopic (exact) mass is 105 g/mol. The van der Waals surface area contributed by atoms with Crippen LogP contribution in [-0.4, -0.2) is 23.2 Å². The maximum absolute atomic E-state index is 5.19. The lowest BCUT2D eigenvalue weighted by molar-refractivity contribution is 1.10. The summed E-state index contributed by atoms with van der Waals surface area (Å²) in [5, 5.41) is 0. The summed E-state index contributed by atoms with van der Waals surface area (Å²) in [6, 6.07) is 0. The smallest absolute Gasteiger partial charge is 0.0220 e. The summed E-state index contributed by atoms with van der Waals surface area (Å²) in [6.07, 6.45) is 1.08. The molecule has 0 fully saturated rings. The molecule has 0 unspecified atom stereocenters. The molecule has 0 aliphatic rings. The van der Waals surface area contributed by atoms with E-state index in [0.29, 0.717) is 0 Å². The van der Waals surface area contributed by atoms with Crippen molar-refractivity contribution in [2.45, 2.75) is 13.3 Å². The normalized spacial score (nSPS) is 6.00. The van der Waals surface area contributed by atoms with Gasteiger partial charge in [0.2, 0.25) is 0 Å². The molecule has 3 radical (unpaired) electrons. The average Bonchev–Trinajstić information content (AvgIpc) is 1.37. The van der Waals surface area contributed by atoms with Crippen LogP contribution in [0.25, 0.3) is 0 Å².